The van der Waals surface area contributed by atoms with Crippen LogP contribution in [0, 0.1) is 0 Å². The average molecular weight is 278 g/mol. The Kier molecular flexibility index (Phi) is 4.47. The highest BCUT2D eigenvalue weighted by Crippen LogP contribution is 2.37. The van der Waals surface area contributed by atoms with E-state index >= 15 is 0 Å². The minimum absolute atomic E-state index is 0.241. The van der Waals surface area contributed by atoms with Crippen LogP contribution in [0.4, 0.5) is 0 Å². The van der Waals surface area contributed by atoms with Crippen molar-refractivity contribution >= 4 is 58.0 Å². The van der Waals surface area contributed by atoms with Crippen LogP contribution in [0.3, 0.4) is 0 Å². The molecule has 0 aliphatic rings. The molecule has 72 valence electrons. The molecular weight excluding hydrogens is 273 g/mol. The van der Waals surface area contributed by atoms with Crippen LogP contribution in [0.2, 0.25) is 10.0 Å². The van der Waals surface area contributed by atoms with E-state index in [1.165, 1.54) is 0 Å². The zero-order valence-corrected chi connectivity index (χ0v) is 10.1. The fourth-order valence-corrected chi connectivity index (χ4v) is 2.47. The van der Waals surface area contributed by atoms with Crippen LogP contribution in [-0.2, 0) is 5.88 Å². The van der Waals surface area contributed by atoms with Crippen LogP contribution in [0.1, 0.15) is 16.0 Å². The lowest BCUT2D eigenvalue weighted by Gasteiger charge is -2.11. The van der Waals surface area contributed by atoms with Crippen LogP contribution < -0.4 is 0 Å². The molecule has 0 saturated heterocycles. The summed E-state index contributed by atoms with van der Waals surface area (Å²) in [5.74, 6) is 0.241. The molecule has 0 atom stereocenters. The molecule has 1 aromatic rings. The molecule has 0 amide bonds. The molecule has 0 radical (unpaired) electrons. The van der Waals surface area contributed by atoms with Gasteiger partial charge in [-0.15, -0.1) is 11.6 Å². The summed E-state index contributed by atoms with van der Waals surface area (Å²) in [6, 6.07) is 3.31. The minimum Gasteiger partial charge on any atom is -0.121 e. The molecule has 1 aromatic carbocycles. The molecule has 0 fully saturated rings. The predicted octanol–water partition coefficient (Wildman–Crippen LogP) is 5.21. The first-order valence-corrected chi connectivity index (χ1v) is 5.55. The Morgan fingerprint density at radius 1 is 1.08 bits per heavy atom. The molecule has 0 aliphatic heterocycles. The molecule has 0 aliphatic carbocycles. The van der Waals surface area contributed by atoms with Crippen molar-refractivity contribution in [3.63, 3.8) is 0 Å². The second kappa shape index (κ2) is 4.95. The molecule has 13 heavy (non-hydrogen) atoms. The molecule has 0 spiro atoms. The van der Waals surface area contributed by atoms with Gasteiger partial charge in [-0.05, 0) is 17.7 Å². The van der Waals surface area contributed by atoms with Gasteiger partial charge in [0.1, 0.15) is 4.84 Å². The lowest BCUT2D eigenvalue weighted by molar-refractivity contribution is 1.24. The zero-order chi connectivity index (χ0) is 10.0. The summed E-state index contributed by atoms with van der Waals surface area (Å²) in [5, 5.41) is 1.01. The van der Waals surface area contributed by atoms with Gasteiger partial charge in [0.25, 0.3) is 0 Å². The monoisotopic (exact) mass is 276 g/mol. The van der Waals surface area contributed by atoms with E-state index in [2.05, 4.69) is 0 Å². The molecule has 0 saturated carbocycles. The van der Waals surface area contributed by atoms with Crippen LogP contribution in [0.5, 0.6) is 0 Å². The summed E-state index contributed by atoms with van der Waals surface area (Å²) >= 11 is 28.9. The van der Waals surface area contributed by atoms with Gasteiger partial charge < -0.3 is 0 Å². The van der Waals surface area contributed by atoms with E-state index in [1.54, 1.807) is 12.1 Å². The molecule has 0 bridgehead atoms. The third-order valence-electron chi connectivity index (χ3n) is 1.60. The summed E-state index contributed by atoms with van der Waals surface area (Å²) in [4.78, 5) is -0.708. The van der Waals surface area contributed by atoms with Crippen LogP contribution in [-0.4, -0.2) is 0 Å². The molecule has 0 aromatic heterocycles. The van der Waals surface area contributed by atoms with Crippen molar-refractivity contribution < 1.29 is 0 Å². The highest BCUT2D eigenvalue weighted by atomic mass is 35.5. The summed E-state index contributed by atoms with van der Waals surface area (Å²) in [6.07, 6.45) is 0. The standard InChI is InChI=1S/C8H5Cl5/c9-3-4-5(10)1-2-6(11)7(4)8(12)13/h1-2,8H,3H2. The molecule has 0 N–H and O–H groups in total. The Morgan fingerprint density at radius 3 is 2.00 bits per heavy atom. The van der Waals surface area contributed by atoms with Gasteiger partial charge >= 0.3 is 0 Å². The van der Waals surface area contributed by atoms with E-state index in [0.717, 1.165) is 0 Å². The van der Waals surface area contributed by atoms with E-state index < -0.39 is 4.84 Å². The van der Waals surface area contributed by atoms with Crippen molar-refractivity contribution in [2.45, 2.75) is 10.7 Å². The first-order chi connectivity index (χ1) is 6.07. The largest absolute Gasteiger partial charge is 0.134 e. The molecule has 5 heteroatoms. The highest BCUT2D eigenvalue weighted by Gasteiger charge is 2.16. The molecular formula is C8H5Cl5. The van der Waals surface area contributed by atoms with E-state index in [9.17, 15) is 0 Å². The SMILES string of the molecule is ClCc1c(Cl)ccc(Cl)c1C(Cl)Cl. The maximum absolute atomic E-state index is 5.89. The summed E-state index contributed by atoms with van der Waals surface area (Å²) in [7, 11) is 0. The molecule has 0 heterocycles. The fourth-order valence-electron chi connectivity index (χ4n) is 0.981. The van der Waals surface area contributed by atoms with E-state index in [-0.39, 0.29) is 5.88 Å². The number of hydrogen-bond acceptors (Lipinski definition) is 0. The number of halogens is 5. The van der Waals surface area contributed by atoms with Gasteiger partial charge in [-0.1, -0.05) is 46.4 Å². The van der Waals surface area contributed by atoms with Gasteiger partial charge in [-0.25, -0.2) is 0 Å². The van der Waals surface area contributed by atoms with Gasteiger partial charge in [-0.3, -0.25) is 0 Å². The summed E-state index contributed by atoms with van der Waals surface area (Å²) in [6.45, 7) is 0. The Hall–Kier alpha value is 0.670. The second-order valence-corrected chi connectivity index (χ2v) is 4.53. The number of hydrogen-bond donors (Lipinski definition) is 0. The van der Waals surface area contributed by atoms with E-state index in [1.807, 2.05) is 0 Å². The van der Waals surface area contributed by atoms with Crippen molar-refractivity contribution in [2.75, 3.05) is 0 Å². The van der Waals surface area contributed by atoms with Crippen molar-refractivity contribution in [1.82, 2.24) is 0 Å². The highest BCUT2D eigenvalue weighted by molar-refractivity contribution is 6.46. The van der Waals surface area contributed by atoms with Gasteiger partial charge in [0, 0.05) is 21.5 Å². The van der Waals surface area contributed by atoms with Crippen LogP contribution in [0.25, 0.3) is 0 Å². The first kappa shape index (κ1) is 11.7. The maximum atomic E-state index is 5.89. The lowest BCUT2D eigenvalue weighted by atomic mass is 10.1. The Labute approximate surface area is 102 Å². The molecule has 1 rings (SSSR count). The molecule has 0 unspecified atom stereocenters. The minimum atomic E-state index is -0.708. The van der Waals surface area contributed by atoms with Crippen molar-refractivity contribution in [1.29, 1.82) is 0 Å². The van der Waals surface area contributed by atoms with Gasteiger partial charge in [0.15, 0.2) is 0 Å². The fraction of sp³-hybridized carbons (Fsp3) is 0.250. The molecule has 0 nitrogen and oxygen atoms in total. The average Bonchev–Trinajstić information content (AvgIpc) is 2.07. The number of benzene rings is 1. The second-order valence-electron chi connectivity index (χ2n) is 2.36. The zero-order valence-electron chi connectivity index (χ0n) is 6.33. The van der Waals surface area contributed by atoms with Gasteiger partial charge in [-0.2, -0.15) is 0 Å². The van der Waals surface area contributed by atoms with Gasteiger partial charge in [0.2, 0.25) is 0 Å². The Morgan fingerprint density at radius 2 is 1.62 bits per heavy atom. The third-order valence-corrected chi connectivity index (χ3v) is 2.99. The third kappa shape index (κ3) is 2.57. The Bertz CT molecular complexity index is 308. The predicted molar refractivity (Wildman–Crippen MR) is 60.5 cm³/mol. The van der Waals surface area contributed by atoms with Gasteiger partial charge in [0.05, 0.1) is 0 Å². The first-order valence-electron chi connectivity index (χ1n) is 3.38. The number of rotatable bonds is 2. The quantitative estimate of drug-likeness (QED) is 0.652. The van der Waals surface area contributed by atoms with E-state index in [4.69, 9.17) is 58.0 Å². The van der Waals surface area contributed by atoms with Crippen molar-refractivity contribution in [2.24, 2.45) is 0 Å². The topological polar surface area (TPSA) is 0 Å². The van der Waals surface area contributed by atoms with E-state index in [0.29, 0.717) is 21.2 Å². The van der Waals surface area contributed by atoms with Crippen LogP contribution >= 0.6 is 58.0 Å². The Balaban J connectivity index is 3.35. The normalized spacial score (nSPS) is 10.9. The van der Waals surface area contributed by atoms with Crippen molar-refractivity contribution in [3.8, 4) is 0 Å². The lowest BCUT2D eigenvalue weighted by Crippen LogP contribution is -1.93. The van der Waals surface area contributed by atoms with Crippen molar-refractivity contribution in [3.05, 3.63) is 33.3 Å². The number of alkyl halides is 3. The smallest absolute Gasteiger partial charge is 0.121 e. The van der Waals surface area contributed by atoms with Crippen LogP contribution in [0.15, 0.2) is 12.1 Å². The summed E-state index contributed by atoms with van der Waals surface area (Å²) < 4.78 is 0. The summed E-state index contributed by atoms with van der Waals surface area (Å²) in [5.41, 5.74) is 1.28. The maximum Gasteiger partial charge on any atom is 0.134 e.